The SMILES string of the molecule is CC(C)CNC(=O)CNC1CCCc2sc(I)cc21. The first kappa shape index (κ1) is 15.3. The normalized spacial score (nSPS) is 18.4. The number of halogens is 1. The Kier molecular flexibility index (Phi) is 5.65. The number of carbonyl (C=O) groups is 1. The van der Waals surface area contributed by atoms with Gasteiger partial charge in [0.2, 0.25) is 5.91 Å². The van der Waals surface area contributed by atoms with E-state index in [1.165, 1.54) is 26.2 Å². The lowest BCUT2D eigenvalue weighted by Gasteiger charge is -2.23. The number of aryl methyl sites for hydroxylation is 1. The molecule has 19 heavy (non-hydrogen) atoms. The second-order valence-corrected chi connectivity index (χ2v) is 8.48. The third-order valence-electron chi connectivity index (χ3n) is 3.30. The molecule has 0 saturated carbocycles. The Labute approximate surface area is 132 Å². The summed E-state index contributed by atoms with van der Waals surface area (Å²) in [4.78, 5) is 13.2. The van der Waals surface area contributed by atoms with E-state index in [4.69, 9.17) is 0 Å². The molecule has 1 unspecified atom stereocenters. The maximum atomic E-state index is 11.7. The molecular formula is C14H21IN2OS. The first-order chi connectivity index (χ1) is 9.06. The summed E-state index contributed by atoms with van der Waals surface area (Å²) in [6.07, 6.45) is 3.55. The number of thiophene rings is 1. The van der Waals surface area contributed by atoms with Crippen molar-refractivity contribution in [1.82, 2.24) is 10.6 Å². The lowest BCUT2D eigenvalue weighted by atomic mass is 9.94. The molecule has 0 aliphatic heterocycles. The number of nitrogens with one attached hydrogen (secondary N) is 2. The number of hydrogen-bond acceptors (Lipinski definition) is 3. The molecule has 0 spiro atoms. The molecule has 1 heterocycles. The van der Waals surface area contributed by atoms with Gasteiger partial charge in [-0.15, -0.1) is 11.3 Å². The summed E-state index contributed by atoms with van der Waals surface area (Å²) in [5, 5.41) is 6.36. The quantitative estimate of drug-likeness (QED) is 0.757. The predicted octanol–water partition coefficient (Wildman–Crippen LogP) is 3.09. The van der Waals surface area contributed by atoms with Crippen molar-refractivity contribution in [2.75, 3.05) is 13.1 Å². The summed E-state index contributed by atoms with van der Waals surface area (Å²) >= 11 is 4.27. The first-order valence-electron chi connectivity index (χ1n) is 6.84. The van der Waals surface area contributed by atoms with Crippen LogP contribution in [0.25, 0.3) is 0 Å². The average Bonchev–Trinajstić information content (AvgIpc) is 2.74. The molecule has 3 nitrogen and oxygen atoms in total. The van der Waals surface area contributed by atoms with Gasteiger partial charge in [-0.2, -0.15) is 0 Å². The second kappa shape index (κ2) is 7.04. The van der Waals surface area contributed by atoms with Gasteiger partial charge < -0.3 is 10.6 Å². The summed E-state index contributed by atoms with van der Waals surface area (Å²) in [5.41, 5.74) is 1.41. The topological polar surface area (TPSA) is 41.1 Å². The van der Waals surface area contributed by atoms with E-state index < -0.39 is 0 Å². The Balaban J connectivity index is 1.85. The zero-order valence-electron chi connectivity index (χ0n) is 11.5. The molecule has 0 fully saturated rings. The minimum absolute atomic E-state index is 0.103. The van der Waals surface area contributed by atoms with Gasteiger partial charge in [0.05, 0.1) is 9.43 Å². The van der Waals surface area contributed by atoms with Crippen LogP contribution in [0.4, 0.5) is 0 Å². The van der Waals surface area contributed by atoms with Gasteiger partial charge in [-0.1, -0.05) is 13.8 Å². The maximum absolute atomic E-state index is 11.7. The number of amides is 1. The molecule has 0 saturated heterocycles. The van der Waals surface area contributed by atoms with Crippen LogP contribution in [0.1, 0.15) is 43.2 Å². The van der Waals surface area contributed by atoms with Gasteiger partial charge in [0, 0.05) is 17.5 Å². The van der Waals surface area contributed by atoms with Crippen molar-refractivity contribution >= 4 is 39.8 Å². The van der Waals surface area contributed by atoms with Crippen LogP contribution in [0.15, 0.2) is 6.07 Å². The van der Waals surface area contributed by atoms with Crippen LogP contribution in [0.2, 0.25) is 0 Å². The van der Waals surface area contributed by atoms with Crippen LogP contribution in [0.3, 0.4) is 0 Å². The lowest BCUT2D eigenvalue weighted by Crippen LogP contribution is -2.37. The molecule has 106 valence electrons. The Morgan fingerprint density at radius 1 is 1.58 bits per heavy atom. The zero-order chi connectivity index (χ0) is 13.8. The number of hydrogen-bond donors (Lipinski definition) is 2. The molecule has 2 rings (SSSR count). The summed E-state index contributed by atoms with van der Waals surface area (Å²) in [5.74, 6) is 0.606. The van der Waals surface area contributed by atoms with E-state index in [9.17, 15) is 4.79 Å². The highest BCUT2D eigenvalue weighted by molar-refractivity contribution is 14.1. The van der Waals surface area contributed by atoms with Crippen LogP contribution < -0.4 is 10.6 Å². The molecule has 1 aliphatic carbocycles. The lowest BCUT2D eigenvalue weighted by molar-refractivity contribution is -0.120. The van der Waals surface area contributed by atoms with E-state index in [0.717, 1.165) is 13.0 Å². The van der Waals surface area contributed by atoms with Crippen LogP contribution in [0, 0.1) is 8.80 Å². The minimum atomic E-state index is 0.103. The van der Waals surface area contributed by atoms with Crippen molar-refractivity contribution in [2.24, 2.45) is 5.92 Å². The van der Waals surface area contributed by atoms with Gasteiger partial charge in [-0.25, -0.2) is 0 Å². The molecule has 0 aromatic carbocycles. The molecule has 0 radical (unpaired) electrons. The van der Waals surface area contributed by atoms with E-state index in [1.54, 1.807) is 0 Å². The molecule has 1 amide bonds. The maximum Gasteiger partial charge on any atom is 0.233 e. The molecule has 1 aliphatic rings. The van der Waals surface area contributed by atoms with E-state index in [-0.39, 0.29) is 5.91 Å². The number of fused-ring (bicyclic) bond motifs is 1. The van der Waals surface area contributed by atoms with Gasteiger partial charge in [0.1, 0.15) is 0 Å². The molecule has 2 N–H and O–H groups in total. The fraction of sp³-hybridized carbons (Fsp3) is 0.643. The van der Waals surface area contributed by atoms with Gasteiger partial charge >= 0.3 is 0 Å². The fourth-order valence-corrected chi connectivity index (χ4v) is 4.45. The molecule has 1 aromatic heterocycles. The Bertz CT molecular complexity index is 445. The largest absolute Gasteiger partial charge is 0.355 e. The van der Waals surface area contributed by atoms with Gasteiger partial charge in [-0.05, 0) is 59.4 Å². The minimum Gasteiger partial charge on any atom is -0.355 e. The van der Waals surface area contributed by atoms with E-state index >= 15 is 0 Å². The molecule has 0 bridgehead atoms. The number of rotatable bonds is 5. The molecule has 1 atom stereocenters. The molecule has 1 aromatic rings. The highest BCUT2D eigenvalue weighted by Crippen LogP contribution is 2.36. The van der Waals surface area contributed by atoms with Crippen LogP contribution >= 0.6 is 33.9 Å². The second-order valence-electron chi connectivity index (χ2n) is 5.45. The monoisotopic (exact) mass is 392 g/mol. The van der Waals surface area contributed by atoms with Crippen molar-refractivity contribution in [3.8, 4) is 0 Å². The summed E-state index contributed by atoms with van der Waals surface area (Å²) < 4.78 is 1.35. The number of carbonyl (C=O) groups excluding carboxylic acids is 1. The van der Waals surface area contributed by atoms with Crippen molar-refractivity contribution in [2.45, 2.75) is 39.2 Å². The molecular weight excluding hydrogens is 371 g/mol. The van der Waals surface area contributed by atoms with Gasteiger partial charge in [0.25, 0.3) is 0 Å². The van der Waals surface area contributed by atoms with Crippen molar-refractivity contribution in [1.29, 1.82) is 0 Å². The average molecular weight is 392 g/mol. The van der Waals surface area contributed by atoms with Gasteiger partial charge in [0.15, 0.2) is 0 Å². The summed E-state index contributed by atoms with van der Waals surface area (Å²) in [6.45, 7) is 5.39. The highest BCUT2D eigenvalue weighted by Gasteiger charge is 2.22. The van der Waals surface area contributed by atoms with Gasteiger partial charge in [-0.3, -0.25) is 4.79 Å². The Hall–Kier alpha value is -0.140. The predicted molar refractivity (Wildman–Crippen MR) is 88.6 cm³/mol. The first-order valence-corrected chi connectivity index (χ1v) is 8.74. The van der Waals surface area contributed by atoms with Crippen molar-refractivity contribution in [3.63, 3.8) is 0 Å². The van der Waals surface area contributed by atoms with Crippen LogP contribution in [0.5, 0.6) is 0 Å². The third-order valence-corrected chi connectivity index (χ3v) is 5.27. The van der Waals surface area contributed by atoms with E-state index in [1.807, 2.05) is 11.3 Å². The Morgan fingerprint density at radius 2 is 2.37 bits per heavy atom. The van der Waals surface area contributed by atoms with E-state index in [2.05, 4.69) is 53.1 Å². The zero-order valence-corrected chi connectivity index (χ0v) is 14.4. The summed E-state index contributed by atoms with van der Waals surface area (Å²) in [6, 6.07) is 2.62. The fourth-order valence-electron chi connectivity index (χ4n) is 2.33. The smallest absolute Gasteiger partial charge is 0.233 e. The standard InChI is InChI=1S/C14H21IN2OS/c1-9(2)7-17-14(18)8-16-11-4-3-5-12-10(11)6-13(15)19-12/h6,9,11,16H,3-5,7-8H2,1-2H3,(H,17,18). The molecule has 5 heteroatoms. The third kappa shape index (κ3) is 4.43. The Morgan fingerprint density at radius 3 is 3.11 bits per heavy atom. The highest BCUT2D eigenvalue weighted by atomic mass is 127. The summed E-state index contributed by atoms with van der Waals surface area (Å²) in [7, 11) is 0. The van der Waals surface area contributed by atoms with Crippen LogP contribution in [-0.2, 0) is 11.2 Å². The van der Waals surface area contributed by atoms with Crippen molar-refractivity contribution in [3.05, 3.63) is 19.4 Å². The van der Waals surface area contributed by atoms with Crippen molar-refractivity contribution < 1.29 is 4.79 Å². The van der Waals surface area contributed by atoms with Crippen LogP contribution in [-0.4, -0.2) is 19.0 Å². The van der Waals surface area contributed by atoms with E-state index in [0.29, 0.717) is 18.5 Å².